The standard InChI is InChI=1S/C28H25BrFNO2/c1-4-32-20(3)21-9-7-10-24(16-21)31-19(2)12-14-27(31)25-17-23(30)13-15-28(25)33-18-22-8-5-6-11-26(22)29/h5-17H,3-4,18H2,1-2H3. The number of ether oxygens (including phenoxy) is 2. The van der Waals surface area contributed by atoms with Crippen molar-refractivity contribution >= 4 is 21.7 Å². The summed E-state index contributed by atoms with van der Waals surface area (Å²) in [5.41, 5.74) is 5.40. The molecule has 168 valence electrons. The molecule has 0 radical (unpaired) electrons. The third-order valence-electron chi connectivity index (χ3n) is 5.38. The van der Waals surface area contributed by atoms with Gasteiger partial charge >= 0.3 is 0 Å². The van der Waals surface area contributed by atoms with Crippen LogP contribution in [0.5, 0.6) is 5.75 Å². The van der Waals surface area contributed by atoms with Gasteiger partial charge in [-0.1, -0.05) is 52.8 Å². The van der Waals surface area contributed by atoms with E-state index in [0.717, 1.165) is 32.7 Å². The van der Waals surface area contributed by atoms with E-state index in [0.29, 0.717) is 30.3 Å². The second-order valence-electron chi connectivity index (χ2n) is 7.62. The Bertz CT molecular complexity index is 1290. The summed E-state index contributed by atoms with van der Waals surface area (Å²) >= 11 is 3.56. The molecular weight excluding hydrogens is 481 g/mol. The van der Waals surface area contributed by atoms with Crippen molar-refractivity contribution in [2.24, 2.45) is 0 Å². The summed E-state index contributed by atoms with van der Waals surface area (Å²) in [7, 11) is 0. The highest BCUT2D eigenvalue weighted by Gasteiger charge is 2.16. The molecule has 0 aliphatic heterocycles. The second-order valence-corrected chi connectivity index (χ2v) is 8.48. The monoisotopic (exact) mass is 505 g/mol. The number of nitrogens with zero attached hydrogens (tertiary/aromatic N) is 1. The van der Waals surface area contributed by atoms with E-state index in [9.17, 15) is 4.39 Å². The average molecular weight is 506 g/mol. The topological polar surface area (TPSA) is 23.4 Å². The molecule has 33 heavy (non-hydrogen) atoms. The van der Waals surface area contributed by atoms with Gasteiger partial charge in [0.2, 0.25) is 0 Å². The van der Waals surface area contributed by atoms with Gasteiger partial charge in [0, 0.05) is 32.5 Å². The van der Waals surface area contributed by atoms with Crippen LogP contribution in [0.4, 0.5) is 4.39 Å². The number of aromatic nitrogens is 1. The van der Waals surface area contributed by atoms with Gasteiger partial charge in [0.05, 0.1) is 12.3 Å². The number of rotatable bonds is 8. The molecule has 0 saturated heterocycles. The van der Waals surface area contributed by atoms with Gasteiger partial charge in [0.1, 0.15) is 23.9 Å². The largest absolute Gasteiger partial charge is 0.494 e. The minimum Gasteiger partial charge on any atom is -0.494 e. The number of hydrogen-bond acceptors (Lipinski definition) is 2. The zero-order chi connectivity index (χ0) is 23.4. The van der Waals surface area contributed by atoms with Crippen LogP contribution in [0.3, 0.4) is 0 Å². The molecule has 0 atom stereocenters. The normalized spacial score (nSPS) is 10.8. The van der Waals surface area contributed by atoms with Crippen molar-refractivity contribution in [1.29, 1.82) is 0 Å². The lowest BCUT2D eigenvalue weighted by atomic mass is 10.1. The number of hydrogen-bond donors (Lipinski definition) is 0. The zero-order valence-electron chi connectivity index (χ0n) is 18.6. The van der Waals surface area contributed by atoms with Gasteiger partial charge in [-0.05, 0) is 62.4 Å². The first-order valence-electron chi connectivity index (χ1n) is 10.7. The molecule has 5 heteroatoms. The van der Waals surface area contributed by atoms with Crippen molar-refractivity contribution < 1.29 is 13.9 Å². The van der Waals surface area contributed by atoms with Gasteiger partial charge in [-0.2, -0.15) is 0 Å². The number of aryl methyl sites for hydroxylation is 1. The molecule has 0 N–H and O–H groups in total. The highest BCUT2D eigenvalue weighted by Crippen LogP contribution is 2.35. The van der Waals surface area contributed by atoms with Gasteiger partial charge < -0.3 is 14.0 Å². The number of halogens is 2. The highest BCUT2D eigenvalue weighted by molar-refractivity contribution is 9.10. The van der Waals surface area contributed by atoms with Crippen molar-refractivity contribution in [1.82, 2.24) is 4.57 Å². The van der Waals surface area contributed by atoms with Crippen LogP contribution >= 0.6 is 15.9 Å². The van der Waals surface area contributed by atoms with Crippen molar-refractivity contribution in [2.45, 2.75) is 20.5 Å². The van der Waals surface area contributed by atoms with Gasteiger partial charge in [-0.3, -0.25) is 0 Å². The van der Waals surface area contributed by atoms with Crippen LogP contribution in [0.25, 0.3) is 22.7 Å². The van der Waals surface area contributed by atoms with Crippen LogP contribution in [0.1, 0.15) is 23.7 Å². The van der Waals surface area contributed by atoms with Crippen LogP contribution < -0.4 is 4.74 Å². The van der Waals surface area contributed by atoms with Gasteiger partial charge in [-0.25, -0.2) is 4.39 Å². The molecule has 0 aliphatic carbocycles. The minimum atomic E-state index is -0.317. The van der Waals surface area contributed by atoms with Gasteiger partial charge in [-0.15, -0.1) is 0 Å². The van der Waals surface area contributed by atoms with E-state index >= 15 is 0 Å². The predicted octanol–water partition coefficient (Wildman–Crippen LogP) is 7.94. The molecule has 1 aromatic heterocycles. The molecule has 0 aliphatic rings. The molecule has 0 saturated carbocycles. The SMILES string of the molecule is C=C(OCC)c1cccc(-n2c(C)ccc2-c2cc(F)ccc2OCc2ccccc2Br)c1. The summed E-state index contributed by atoms with van der Waals surface area (Å²) in [5, 5.41) is 0. The van der Waals surface area contributed by atoms with Crippen LogP contribution in [-0.2, 0) is 11.3 Å². The summed E-state index contributed by atoms with van der Waals surface area (Å²) in [5.74, 6) is 0.914. The fourth-order valence-electron chi connectivity index (χ4n) is 3.77. The Morgan fingerprint density at radius 3 is 2.61 bits per heavy atom. The molecule has 1 heterocycles. The molecule has 0 amide bonds. The summed E-state index contributed by atoms with van der Waals surface area (Å²) in [4.78, 5) is 0. The van der Waals surface area contributed by atoms with Crippen molar-refractivity contribution in [3.8, 4) is 22.7 Å². The molecule has 4 rings (SSSR count). The zero-order valence-corrected chi connectivity index (χ0v) is 20.2. The van der Waals surface area contributed by atoms with Crippen LogP contribution in [0.15, 0.2) is 89.9 Å². The molecular formula is C28H25BrFNO2. The molecule has 3 aromatic carbocycles. The fraction of sp³-hybridized carbons (Fsp3) is 0.143. The predicted molar refractivity (Wildman–Crippen MR) is 135 cm³/mol. The minimum absolute atomic E-state index is 0.317. The first kappa shape index (κ1) is 22.9. The Kier molecular flexibility index (Phi) is 6.99. The van der Waals surface area contributed by atoms with Crippen LogP contribution in [-0.4, -0.2) is 11.2 Å². The summed E-state index contributed by atoms with van der Waals surface area (Å²) in [6.45, 7) is 8.90. The van der Waals surface area contributed by atoms with Crippen LogP contribution in [0.2, 0.25) is 0 Å². The third kappa shape index (κ3) is 5.04. The van der Waals surface area contributed by atoms with E-state index in [1.165, 1.54) is 12.1 Å². The lowest BCUT2D eigenvalue weighted by Gasteiger charge is -2.17. The average Bonchev–Trinajstić information content (AvgIpc) is 3.20. The molecule has 0 fully saturated rings. The Labute approximate surface area is 202 Å². The first-order valence-corrected chi connectivity index (χ1v) is 11.5. The van der Waals surface area contributed by atoms with E-state index < -0.39 is 0 Å². The van der Waals surface area contributed by atoms with Gasteiger partial charge in [0.25, 0.3) is 0 Å². The summed E-state index contributed by atoms with van der Waals surface area (Å²) < 4.78 is 29.2. The van der Waals surface area contributed by atoms with E-state index in [1.807, 2.05) is 74.5 Å². The van der Waals surface area contributed by atoms with Crippen molar-refractivity contribution in [2.75, 3.05) is 6.61 Å². The van der Waals surface area contributed by atoms with Gasteiger partial charge in [0.15, 0.2) is 0 Å². The molecule has 4 aromatic rings. The maximum absolute atomic E-state index is 14.4. The molecule has 0 spiro atoms. The van der Waals surface area contributed by atoms with Crippen molar-refractivity contribution in [3.63, 3.8) is 0 Å². The maximum Gasteiger partial charge on any atom is 0.129 e. The number of benzene rings is 3. The Morgan fingerprint density at radius 2 is 1.82 bits per heavy atom. The Morgan fingerprint density at radius 1 is 1.00 bits per heavy atom. The maximum atomic E-state index is 14.4. The molecule has 0 unspecified atom stereocenters. The first-order chi connectivity index (χ1) is 16.0. The molecule has 3 nitrogen and oxygen atoms in total. The van der Waals surface area contributed by atoms with E-state index in [1.54, 1.807) is 6.07 Å². The van der Waals surface area contributed by atoms with Crippen LogP contribution in [0, 0.1) is 12.7 Å². The quantitative estimate of drug-likeness (QED) is 0.227. The van der Waals surface area contributed by atoms with Crippen molar-refractivity contribution in [3.05, 3.63) is 113 Å². The molecule has 0 bridgehead atoms. The van der Waals surface area contributed by atoms with E-state index in [4.69, 9.17) is 9.47 Å². The summed E-state index contributed by atoms with van der Waals surface area (Å²) in [6.07, 6.45) is 0. The van der Waals surface area contributed by atoms with E-state index in [-0.39, 0.29) is 5.82 Å². The lowest BCUT2D eigenvalue weighted by molar-refractivity contribution is 0.299. The summed E-state index contributed by atoms with van der Waals surface area (Å²) in [6, 6.07) is 24.5. The fourth-order valence-corrected chi connectivity index (χ4v) is 4.17. The lowest BCUT2D eigenvalue weighted by Crippen LogP contribution is -2.03. The highest BCUT2D eigenvalue weighted by atomic mass is 79.9. The Hall–Kier alpha value is -3.31. The van der Waals surface area contributed by atoms with E-state index in [2.05, 4.69) is 27.1 Å². The second kappa shape index (κ2) is 10.1. The Balaban J connectivity index is 1.74. The third-order valence-corrected chi connectivity index (χ3v) is 6.15. The smallest absolute Gasteiger partial charge is 0.129 e.